The van der Waals surface area contributed by atoms with Gasteiger partial charge in [0.15, 0.2) is 0 Å². The lowest BCUT2D eigenvalue weighted by Crippen LogP contribution is -2.23. The number of pyridine rings is 2. The molecule has 198 valence electrons. The molecule has 0 saturated heterocycles. The summed E-state index contributed by atoms with van der Waals surface area (Å²) in [7, 11) is 0. The van der Waals surface area contributed by atoms with Crippen molar-refractivity contribution >= 4 is 27.9 Å². The van der Waals surface area contributed by atoms with E-state index < -0.39 is 0 Å². The molecular weight excluding hydrogens is 508 g/mol. The van der Waals surface area contributed by atoms with Gasteiger partial charge in [0, 0.05) is 33.7 Å². The van der Waals surface area contributed by atoms with Gasteiger partial charge >= 0.3 is 0 Å². The summed E-state index contributed by atoms with van der Waals surface area (Å²) in [6.07, 6.45) is 14.1. The molecule has 42 heavy (non-hydrogen) atoms. The van der Waals surface area contributed by atoms with Gasteiger partial charge < -0.3 is 0 Å². The molecule has 9 rings (SSSR count). The highest BCUT2D eigenvalue weighted by atomic mass is 14.8. The Kier molecular flexibility index (Phi) is 5.18. The minimum absolute atomic E-state index is 0.488. The molecular formula is C40H28N2. The van der Waals surface area contributed by atoms with E-state index in [-0.39, 0.29) is 0 Å². The van der Waals surface area contributed by atoms with Gasteiger partial charge in [0.05, 0.1) is 22.4 Å². The standard InChI is InChI=1S/C40H28N2/c1-2-5-26(6-3-1)35-23-19-31-15-16-32-20-24-36(42-40(32)39(31)41-35)27-11-9-25(10-12-27)33-21-17-30-14-13-28-7-4-8-29-18-22-34(33)38(30)37(28)29/h1-7,9-21,23-24,28,37H,8,22H2. The third-order valence-electron chi connectivity index (χ3n) is 9.35. The fourth-order valence-corrected chi connectivity index (χ4v) is 7.26. The van der Waals surface area contributed by atoms with E-state index in [9.17, 15) is 0 Å². The highest BCUT2D eigenvalue weighted by Gasteiger charge is 2.34. The summed E-state index contributed by atoms with van der Waals surface area (Å²) in [5.41, 5.74) is 14.7. The second kappa shape index (κ2) is 9.22. The first-order valence-corrected chi connectivity index (χ1v) is 14.9. The van der Waals surface area contributed by atoms with Crippen LogP contribution in [0.25, 0.3) is 61.5 Å². The first kappa shape index (κ1) is 23.6. The Morgan fingerprint density at radius 2 is 1.24 bits per heavy atom. The van der Waals surface area contributed by atoms with E-state index in [2.05, 4.69) is 127 Å². The van der Waals surface area contributed by atoms with Gasteiger partial charge in [-0.3, -0.25) is 0 Å². The highest BCUT2D eigenvalue weighted by Crippen LogP contribution is 2.49. The third-order valence-corrected chi connectivity index (χ3v) is 9.35. The molecule has 0 fully saturated rings. The van der Waals surface area contributed by atoms with Crippen LogP contribution >= 0.6 is 0 Å². The van der Waals surface area contributed by atoms with Gasteiger partial charge in [-0.2, -0.15) is 0 Å². The van der Waals surface area contributed by atoms with Crippen molar-refractivity contribution in [3.8, 4) is 33.6 Å². The summed E-state index contributed by atoms with van der Waals surface area (Å²) < 4.78 is 0. The molecule has 0 aliphatic heterocycles. The molecule has 2 heteroatoms. The van der Waals surface area contributed by atoms with Crippen molar-refractivity contribution in [3.63, 3.8) is 0 Å². The molecule has 0 amide bonds. The van der Waals surface area contributed by atoms with Crippen molar-refractivity contribution in [1.29, 1.82) is 0 Å². The lowest BCUT2D eigenvalue weighted by molar-refractivity contribution is 0.615. The maximum Gasteiger partial charge on any atom is 0.0972 e. The Morgan fingerprint density at radius 3 is 1.98 bits per heavy atom. The molecule has 6 aromatic rings. The summed E-state index contributed by atoms with van der Waals surface area (Å²) in [6.45, 7) is 0. The van der Waals surface area contributed by atoms with E-state index in [1.165, 1.54) is 22.3 Å². The molecule has 2 heterocycles. The number of allylic oxidation sites excluding steroid dienone is 5. The minimum atomic E-state index is 0.488. The van der Waals surface area contributed by atoms with E-state index in [0.29, 0.717) is 11.8 Å². The SMILES string of the molecule is C1=CC2C=Cc3ccc(-c4ccc(-c5ccc6ccc7ccc(-c8ccccc8)nc7c6n5)cc4)c4c3C2C(=CC4)C1. The fraction of sp³-hybridized carbons (Fsp3) is 0.100. The number of hydrogen-bond acceptors (Lipinski definition) is 2. The Morgan fingerprint density at radius 1 is 0.571 bits per heavy atom. The zero-order chi connectivity index (χ0) is 27.6. The number of fused-ring (bicyclic) bond motifs is 3. The van der Waals surface area contributed by atoms with Gasteiger partial charge in [0.1, 0.15) is 0 Å². The Hall–Kier alpha value is -5.08. The van der Waals surface area contributed by atoms with E-state index in [1.807, 2.05) is 6.07 Å². The van der Waals surface area contributed by atoms with Gasteiger partial charge in [-0.25, -0.2) is 9.97 Å². The van der Waals surface area contributed by atoms with Crippen LogP contribution in [0.4, 0.5) is 0 Å². The normalized spacial score (nSPS) is 18.2. The van der Waals surface area contributed by atoms with E-state index in [1.54, 1.807) is 11.1 Å². The van der Waals surface area contributed by atoms with Crippen LogP contribution in [0.2, 0.25) is 0 Å². The number of hydrogen-bond donors (Lipinski definition) is 0. The lowest BCUT2D eigenvalue weighted by Gasteiger charge is -2.38. The van der Waals surface area contributed by atoms with Crippen LogP contribution in [0.1, 0.15) is 29.0 Å². The second-order valence-electron chi connectivity index (χ2n) is 11.7. The molecule has 4 aromatic carbocycles. The van der Waals surface area contributed by atoms with Crippen LogP contribution in [-0.4, -0.2) is 9.97 Å². The van der Waals surface area contributed by atoms with Crippen molar-refractivity contribution in [3.05, 3.63) is 150 Å². The molecule has 2 nitrogen and oxygen atoms in total. The zero-order valence-corrected chi connectivity index (χ0v) is 23.2. The highest BCUT2D eigenvalue weighted by molar-refractivity contribution is 6.04. The molecule has 0 N–H and O–H groups in total. The van der Waals surface area contributed by atoms with Gasteiger partial charge in [0.25, 0.3) is 0 Å². The number of rotatable bonds is 3. The topological polar surface area (TPSA) is 25.8 Å². The molecule has 3 aliphatic rings. The fourth-order valence-electron chi connectivity index (χ4n) is 7.26. The Bertz CT molecular complexity index is 2130. The molecule has 0 saturated carbocycles. The van der Waals surface area contributed by atoms with Crippen molar-refractivity contribution in [2.45, 2.75) is 18.8 Å². The van der Waals surface area contributed by atoms with Crippen LogP contribution < -0.4 is 0 Å². The van der Waals surface area contributed by atoms with Crippen LogP contribution in [0, 0.1) is 5.92 Å². The van der Waals surface area contributed by atoms with Crippen molar-refractivity contribution in [1.82, 2.24) is 9.97 Å². The third kappa shape index (κ3) is 3.65. The summed E-state index contributed by atoms with van der Waals surface area (Å²) in [6, 6.07) is 36.8. The molecule has 0 bridgehead atoms. The second-order valence-corrected chi connectivity index (χ2v) is 11.7. The molecule has 0 radical (unpaired) electrons. The molecule has 2 atom stereocenters. The van der Waals surface area contributed by atoms with Gasteiger partial charge in [-0.15, -0.1) is 0 Å². The molecule has 3 aliphatic carbocycles. The summed E-state index contributed by atoms with van der Waals surface area (Å²) >= 11 is 0. The Labute approximate surface area is 245 Å². The number of benzene rings is 4. The zero-order valence-electron chi connectivity index (χ0n) is 23.2. The number of nitrogens with zero attached hydrogens (tertiary/aromatic N) is 2. The summed E-state index contributed by atoms with van der Waals surface area (Å²) in [5.74, 6) is 0.994. The van der Waals surface area contributed by atoms with Crippen LogP contribution in [0.15, 0.2) is 133 Å². The Balaban J connectivity index is 1.11. The van der Waals surface area contributed by atoms with E-state index in [4.69, 9.17) is 9.97 Å². The summed E-state index contributed by atoms with van der Waals surface area (Å²) in [5, 5.41) is 2.21. The van der Waals surface area contributed by atoms with Gasteiger partial charge in [0.2, 0.25) is 0 Å². The first-order chi connectivity index (χ1) is 20.8. The minimum Gasteiger partial charge on any atom is -0.245 e. The average Bonchev–Trinajstić information content (AvgIpc) is 3.07. The molecule has 2 aromatic heterocycles. The monoisotopic (exact) mass is 536 g/mol. The predicted octanol–water partition coefficient (Wildman–Crippen LogP) is 9.95. The maximum absolute atomic E-state index is 5.17. The van der Waals surface area contributed by atoms with Crippen LogP contribution in [0.5, 0.6) is 0 Å². The molecule has 2 unspecified atom stereocenters. The predicted molar refractivity (Wildman–Crippen MR) is 174 cm³/mol. The van der Waals surface area contributed by atoms with Crippen LogP contribution in [-0.2, 0) is 6.42 Å². The van der Waals surface area contributed by atoms with E-state index in [0.717, 1.165) is 57.2 Å². The first-order valence-electron chi connectivity index (χ1n) is 14.9. The number of aromatic nitrogens is 2. The van der Waals surface area contributed by atoms with Gasteiger partial charge in [-0.1, -0.05) is 127 Å². The van der Waals surface area contributed by atoms with Crippen LogP contribution in [0.3, 0.4) is 0 Å². The van der Waals surface area contributed by atoms with Crippen molar-refractivity contribution in [2.75, 3.05) is 0 Å². The van der Waals surface area contributed by atoms with Crippen molar-refractivity contribution < 1.29 is 0 Å². The quantitative estimate of drug-likeness (QED) is 0.166. The van der Waals surface area contributed by atoms with Crippen molar-refractivity contribution in [2.24, 2.45) is 5.92 Å². The summed E-state index contributed by atoms with van der Waals surface area (Å²) in [4.78, 5) is 10.2. The lowest BCUT2D eigenvalue weighted by atomic mass is 9.66. The van der Waals surface area contributed by atoms with E-state index >= 15 is 0 Å². The average molecular weight is 537 g/mol. The molecule has 0 spiro atoms. The van der Waals surface area contributed by atoms with Gasteiger partial charge in [-0.05, 0) is 52.8 Å². The largest absolute Gasteiger partial charge is 0.245 e. The smallest absolute Gasteiger partial charge is 0.0972 e. The maximum atomic E-state index is 5.17.